The molecule has 0 bridgehead atoms. The Hall–Kier alpha value is -0.900. The van der Waals surface area contributed by atoms with E-state index in [0.29, 0.717) is 25.8 Å². The van der Waals surface area contributed by atoms with E-state index < -0.39 is 0 Å². The fourth-order valence-electron chi connectivity index (χ4n) is 1.49. The molecular weight excluding hydrogens is 256 g/mol. The number of hydrogen-bond donors (Lipinski definition) is 0. The van der Waals surface area contributed by atoms with Gasteiger partial charge in [-0.1, -0.05) is 33.6 Å². The summed E-state index contributed by atoms with van der Waals surface area (Å²) in [5.74, 6) is 1.32. The molecule has 0 saturated carbocycles. The van der Waals surface area contributed by atoms with Gasteiger partial charge in [0.05, 0.1) is 13.2 Å². The molecule has 0 radical (unpaired) electrons. The monoisotopic (exact) mass is 288 g/mol. The van der Waals surface area contributed by atoms with E-state index in [2.05, 4.69) is 20.8 Å². The van der Waals surface area contributed by atoms with Crippen LogP contribution in [0.3, 0.4) is 0 Å². The zero-order valence-electron chi connectivity index (χ0n) is 13.7. The van der Waals surface area contributed by atoms with E-state index in [9.17, 15) is 0 Å². The number of allylic oxidation sites excluding steroid dienone is 1. The zero-order valence-corrected chi connectivity index (χ0v) is 13.7. The van der Waals surface area contributed by atoms with Gasteiger partial charge < -0.3 is 18.9 Å². The molecule has 0 amide bonds. The van der Waals surface area contributed by atoms with Crippen LogP contribution in [0.2, 0.25) is 0 Å². The molecular formula is C16H32O4. The van der Waals surface area contributed by atoms with Gasteiger partial charge in [-0.05, 0) is 26.2 Å². The Morgan fingerprint density at radius 3 is 1.95 bits per heavy atom. The van der Waals surface area contributed by atoms with Crippen molar-refractivity contribution in [3.63, 3.8) is 0 Å². The molecule has 0 aromatic rings. The van der Waals surface area contributed by atoms with Crippen molar-refractivity contribution in [2.75, 3.05) is 26.6 Å². The number of unbranched alkanes of at least 4 members (excludes halogenated alkanes) is 2. The predicted octanol–water partition coefficient (Wildman–Crippen LogP) is 4.60. The summed E-state index contributed by atoms with van der Waals surface area (Å²) >= 11 is 0. The first-order chi connectivity index (χ1) is 9.79. The first-order valence-electron chi connectivity index (χ1n) is 7.99. The summed E-state index contributed by atoms with van der Waals surface area (Å²) < 4.78 is 22.4. The molecule has 120 valence electrons. The standard InChI is InChI=1S/C16H32O4/c1-5-9-12-18-15(11-7-3)16(19-13-10-6-2)20-14-17-8-4/h5-14H2,1-4H3/b16-15-. The van der Waals surface area contributed by atoms with Crippen LogP contribution in [0.4, 0.5) is 0 Å². The maximum absolute atomic E-state index is 5.82. The van der Waals surface area contributed by atoms with Crippen molar-refractivity contribution < 1.29 is 18.9 Å². The SMILES string of the molecule is CCCCO/C(CCC)=C(/OCCCC)OCOCC. The van der Waals surface area contributed by atoms with Gasteiger partial charge in [-0.15, -0.1) is 0 Å². The molecule has 0 aromatic carbocycles. The van der Waals surface area contributed by atoms with Gasteiger partial charge in [-0.2, -0.15) is 0 Å². The lowest BCUT2D eigenvalue weighted by molar-refractivity contribution is -0.0809. The van der Waals surface area contributed by atoms with Gasteiger partial charge in [0, 0.05) is 13.0 Å². The highest BCUT2D eigenvalue weighted by molar-refractivity contribution is 4.95. The van der Waals surface area contributed by atoms with Crippen LogP contribution in [-0.2, 0) is 18.9 Å². The lowest BCUT2D eigenvalue weighted by Gasteiger charge is -2.17. The lowest BCUT2D eigenvalue weighted by atomic mass is 10.3. The van der Waals surface area contributed by atoms with E-state index >= 15 is 0 Å². The van der Waals surface area contributed by atoms with Gasteiger partial charge in [0.15, 0.2) is 12.6 Å². The molecule has 0 N–H and O–H groups in total. The maximum Gasteiger partial charge on any atom is 0.321 e. The fourth-order valence-corrected chi connectivity index (χ4v) is 1.49. The van der Waals surface area contributed by atoms with E-state index in [4.69, 9.17) is 18.9 Å². The first kappa shape index (κ1) is 19.1. The van der Waals surface area contributed by atoms with Crippen molar-refractivity contribution in [1.82, 2.24) is 0 Å². The number of rotatable bonds is 14. The van der Waals surface area contributed by atoms with Crippen LogP contribution < -0.4 is 0 Å². The highest BCUT2D eigenvalue weighted by atomic mass is 16.7. The topological polar surface area (TPSA) is 36.9 Å². The summed E-state index contributed by atoms with van der Waals surface area (Å²) in [5.41, 5.74) is 0. The minimum atomic E-state index is 0.211. The Kier molecular flexibility index (Phi) is 13.9. The minimum absolute atomic E-state index is 0.211. The van der Waals surface area contributed by atoms with Crippen LogP contribution in [0.15, 0.2) is 11.7 Å². The van der Waals surface area contributed by atoms with Gasteiger partial charge in [-0.3, -0.25) is 0 Å². The molecule has 0 atom stereocenters. The van der Waals surface area contributed by atoms with Crippen molar-refractivity contribution in [1.29, 1.82) is 0 Å². The third kappa shape index (κ3) is 9.96. The summed E-state index contributed by atoms with van der Waals surface area (Å²) in [6.07, 6.45) is 6.10. The molecule has 0 aromatic heterocycles. The second kappa shape index (κ2) is 14.5. The van der Waals surface area contributed by atoms with Crippen LogP contribution in [0.1, 0.15) is 66.2 Å². The van der Waals surface area contributed by atoms with Crippen LogP contribution in [0, 0.1) is 0 Å². The highest BCUT2D eigenvalue weighted by Crippen LogP contribution is 2.17. The summed E-state index contributed by atoms with van der Waals surface area (Å²) in [6.45, 7) is 10.6. The molecule has 0 heterocycles. The highest BCUT2D eigenvalue weighted by Gasteiger charge is 2.12. The number of ether oxygens (including phenoxy) is 4. The molecule has 0 aliphatic carbocycles. The summed E-state index contributed by atoms with van der Waals surface area (Å²) in [6, 6.07) is 0. The third-order valence-electron chi connectivity index (χ3n) is 2.69. The van der Waals surface area contributed by atoms with Gasteiger partial charge >= 0.3 is 5.95 Å². The Balaban J connectivity index is 4.56. The molecule has 0 saturated heterocycles. The molecule has 0 unspecified atom stereocenters. The van der Waals surface area contributed by atoms with E-state index in [1.54, 1.807) is 0 Å². The smallest absolute Gasteiger partial charge is 0.321 e. The van der Waals surface area contributed by atoms with E-state index in [1.807, 2.05) is 6.92 Å². The van der Waals surface area contributed by atoms with Gasteiger partial charge in [0.2, 0.25) is 0 Å². The lowest BCUT2D eigenvalue weighted by Crippen LogP contribution is -2.09. The largest absolute Gasteiger partial charge is 0.491 e. The number of hydrogen-bond acceptors (Lipinski definition) is 4. The maximum atomic E-state index is 5.82. The molecule has 0 aliphatic rings. The Labute approximate surface area is 124 Å². The van der Waals surface area contributed by atoms with Crippen molar-refractivity contribution in [2.45, 2.75) is 66.2 Å². The van der Waals surface area contributed by atoms with E-state index in [1.165, 1.54) is 0 Å². The van der Waals surface area contributed by atoms with Gasteiger partial charge in [0.1, 0.15) is 0 Å². The van der Waals surface area contributed by atoms with Crippen LogP contribution in [0.5, 0.6) is 0 Å². The molecule has 0 rings (SSSR count). The predicted molar refractivity (Wildman–Crippen MR) is 81.2 cm³/mol. The van der Waals surface area contributed by atoms with Crippen molar-refractivity contribution in [2.24, 2.45) is 0 Å². The van der Waals surface area contributed by atoms with Gasteiger partial charge in [-0.25, -0.2) is 0 Å². The van der Waals surface area contributed by atoms with Crippen LogP contribution in [-0.4, -0.2) is 26.6 Å². The molecule has 20 heavy (non-hydrogen) atoms. The quantitative estimate of drug-likeness (QED) is 0.266. The Bertz CT molecular complexity index is 227. The van der Waals surface area contributed by atoms with Crippen LogP contribution in [0.25, 0.3) is 0 Å². The van der Waals surface area contributed by atoms with Crippen molar-refractivity contribution in [3.8, 4) is 0 Å². The second-order valence-electron chi connectivity index (χ2n) is 4.62. The molecule has 0 aliphatic heterocycles. The first-order valence-corrected chi connectivity index (χ1v) is 7.99. The van der Waals surface area contributed by atoms with Crippen molar-refractivity contribution in [3.05, 3.63) is 11.7 Å². The average molecular weight is 288 g/mol. The zero-order chi connectivity index (χ0) is 15.1. The Morgan fingerprint density at radius 1 is 0.750 bits per heavy atom. The Morgan fingerprint density at radius 2 is 1.40 bits per heavy atom. The van der Waals surface area contributed by atoms with Crippen LogP contribution >= 0.6 is 0 Å². The third-order valence-corrected chi connectivity index (χ3v) is 2.69. The molecule has 4 heteroatoms. The normalized spacial score (nSPS) is 12.0. The van der Waals surface area contributed by atoms with Gasteiger partial charge in [0.25, 0.3) is 0 Å². The molecule has 0 fully saturated rings. The van der Waals surface area contributed by atoms with E-state index in [-0.39, 0.29) is 6.79 Å². The fraction of sp³-hybridized carbons (Fsp3) is 0.875. The van der Waals surface area contributed by atoms with Crippen molar-refractivity contribution >= 4 is 0 Å². The molecule has 0 spiro atoms. The summed E-state index contributed by atoms with van der Waals surface area (Å²) in [4.78, 5) is 0. The summed E-state index contributed by atoms with van der Waals surface area (Å²) in [7, 11) is 0. The summed E-state index contributed by atoms with van der Waals surface area (Å²) in [5, 5.41) is 0. The second-order valence-corrected chi connectivity index (χ2v) is 4.62. The minimum Gasteiger partial charge on any atom is -0.491 e. The molecule has 4 nitrogen and oxygen atoms in total. The van der Waals surface area contributed by atoms with E-state index in [0.717, 1.165) is 44.3 Å². The average Bonchev–Trinajstić information content (AvgIpc) is 2.45.